The first kappa shape index (κ1) is 24.1. The number of pyridine rings is 1. The number of imidazole rings is 1. The Bertz CT molecular complexity index is 984. The van der Waals surface area contributed by atoms with Gasteiger partial charge in [-0.2, -0.15) is 0 Å². The number of anilines is 2. The maximum atomic E-state index is 12.9. The predicted octanol–water partition coefficient (Wildman–Crippen LogP) is 3.82. The van der Waals surface area contributed by atoms with Crippen molar-refractivity contribution >= 4 is 23.3 Å². The number of hydrogen-bond donors (Lipinski definition) is 1. The average molecular weight is 445 g/mol. The molecule has 3 heterocycles. The topological polar surface area (TPSA) is 91.3 Å². The Balaban J connectivity index is 2.11. The van der Waals surface area contributed by atoms with Crippen LogP contribution in [0, 0.1) is 6.92 Å². The van der Waals surface area contributed by atoms with Gasteiger partial charge >= 0.3 is 5.97 Å². The van der Waals surface area contributed by atoms with E-state index in [1.54, 1.807) is 12.3 Å². The first-order chi connectivity index (χ1) is 15.0. The number of carbonyl (C=O) groups excluding carboxylic acids is 1. The number of aryl methyl sites for hydroxylation is 1. The van der Waals surface area contributed by atoms with Gasteiger partial charge in [0.25, 0.3) is 0 Å². The van der Waals surface area contributed by atoms with Gasteiger partial charge in [-0.3, -0.25) is 4.40 Å². The fraction of sp³-hybridized carbons (Fsp3) is 0.583. The molecule has 0 radical (unpaired) electrons. The molecule has 8 heteroatoms. The number of methoxy groups -OCH3 is 1. The lowest BCUT2D eigenvalue weighted by molar-refractivity contribution is -0.164. The van der Waals surface area contributed by atoms with Gasteiger partial charge in [0.2, 0.25) is 0 Å². The molecule has 1 aliphatic heterocycles. The third kappa shape index (κ3) is 5.07. The molecule has 8 nitrogen and oxygen atoms in total. The maximum Gasteiger partial charge on any atom is 0.339 e. The van der Waals surface area contributed by atoms with Gasteiger partial charge in [0, 0.05) is 18.7 Å². The van der Waals surface area contributed by atoms with Crippen LogP contribution >= 0.6 is 0 Å². The summed E-state index contributed by atoms with van der Waals surface area (Å²) in [4.78, 5) is 19.6. The number of aromatic nitrogens is 2. The van der Waals surface area contributed by atoms with E-state index in [9.17, 15) is 4.79 Å². The van der Waals surface area contributed by atoms with Crippen molar-refractivity contribution in [3.05, 3.63) is 36.0 Å². The lowest BCUT2D eigenvalue weighted by Crippen LogP contribution is -2.45. The van der Waals surface area contributed by atoms with Gasteiger partial charge in [-0.05, 0) is 59.1 Å². The van der Waals surface area contributed by atoms with Crippen molar-refractivity contribution in [2.45, 2.75) is 64.8 Å². The van der Waals surface area contributed by atoms with Crippen LogP contribution < -0.4 is 10.6 Å². The van der Waals surface area contributed by atoms with Gasteiger partial charge in [-0.15, -0.1) is 6.58 Å². The molecule has 176 valence electrons. The van der Waals surface area contributed by atoms with Crippen LogP contribution in [0.2, 0.25) is 0 Å². The summed E-state index contributed by atoms with van der Waals surface area (Å²) in [5, 5.41) is 0. The molecule has 2 aromatic rings. The Morgan fingerprint density at radius 1 is 1.38 bits per heavy atom. The number of rotatable bonds is 7. The third-order valence-electron chi connectivity index (χ3n) is 5.81. The fourth-order valence-corrected chi connectivity index (χ4v) is 4.19. The Kier molecular flexibility index (Phi) is 6.86. The van der Waals surface area contributed by atoms with Crippen molar-refractivity contribution in [1.29, 1.82) is 0 Å². The van der Waals surface area contributed by atoms with Crippen LogP contribution in [0.25, 0.3) is 5.65 Å². The zero-order valence-electron chi connectivity index (χ0n) is 20.1. The molecule has 1 aliphatic rings. The Morgan fingerprint density at radius 3 is 2.59 bits per heavy atom. The number of fused-ring (bicyclic) bond motifs is 1. The van der Waals surface area contributed by atoms with Crippen LogP contribution in [0.15, 0.2) is 24.9 Å². The van der Waals surface area contributed by atoms with E-state index in [4.69, 9.17) is 19.9 Å². The number of carbonyl (C=O) groups is 1. The highest BCUT2D eigenvalue weighted by molar-refractivity contribution is 5.80. The van der Waals surface area contributed by atoms with Crippen LogP contribution in [-0.4, -0.2) is 53.4 Å². The van der Waals surface area contributed by atoms with Gasteiger partial charge in [0.1, 0.15) is 17.3 Å². The minimum absolute atomic E-state index is 0.217. The molecule has 2 aromatic heterocycles. The second-order valence-corrected chi connectivity index (χ2v) is 9.63. The molecule has 32 heavy (non-hydrogen) atoms. The highest BCUT2D eigenvalue weighted by Crippen LogP contribution is 2.39. The van der Waals surface area contributed by atoms with Crippen molar-refractivity contribution in [3.63, 3.8) is 0 Å². The lowest BCUT2D eigenvalue weighted by Gasteiger charge is -2.41. The minimum atomic E-state index is -0.881. The van der Waals surface area contributed by atoms with E-state index >= 15 is 0 Å². The zero-order valence-corrected chi connectivity index (χ0v) is 20.1. The molecular formula is C24H36N4O4. The van der Waals surface area contributed by atoms with Crippen molar-refractivity contribution in [1.82, 2.24) is 9.38 Å². The van der Waals surface area contributed by atoms with E-state index in [2.05, 4.69) is 23.4 Å². The van der Waals surface area contributed by atoms with Gasteiger partial charge in [0.15, 0.2) is 6.10 Å². The number of ether oxygens (including phenoxy) is 3. The Hall–Kier alpha value is -2.58. The Labute approximate surface area is 190 Å². The molecule has 0 aromatic carbocycles. The maximum absolute atomic E-state index is 12.9. The summed E-state index contributed by atoms with van der Waals surface area (Å²) < 4.78 is 19.4. The molecule has 0 spiro atoms. The van der Waals surface area contributed by atoms with Crippen LogP contribution in [-0.2, 0) is 19.0 Å². The second kappa shape index (κ2) is 9.11. The lowest BCUT2D eigenvalue weighted by atomic mass is 9.92. The van der Waals surface area contributed by atoms with Crippen molar-refractivity contribution in [2.24, 2.45) is 0 Å². The SMILES string of the molecule is C=CCOC1(C)CCN(c2c([C@H](OC(C)(C)C)C(=O)OC)c(C)cc3nc(N)cn23)CC1. The van der Waals surface area contributed by atoms with E-state index in [0.717, 1.165) is 48.5 Å². The Morgan fingerprint density at radius 2 is 2.03 bits per heavy atom. The second-order valence-electron chi connectivity index (χ2n) is 9.63. The number of hydrogen-bond acceptors (Lipinski definition) is 7. The molecule has 1 saturated heterocycles. The number of nitrogens with two attached hydrogens (primary N) is 1. The van der Waals surface area contributed by atoms with Crippen LogP contribution in [0.5, 0.6) is 0 Å². The quantitative estimate of drug-likeness (QED) is 0.513. The molecule has 1 fully saturated rings. The summed E-state index contributed by atoms with van der Waals surface area (Å²) in [5.74, 6) is 0.841. The van der Waals surface area contributed by atoms with Gasteiger partial charge in [-0.1, -0.05) is 6.08 Å². The number of piperidine rings is 1. The molecule has 0 saturated carbocycles. The van der Waals surface area contributed by atoms with Gasteiger partial charge in [0.05, 0.1) is 31.1 Å². The molecule has 0 unspecified atom stereocenters. The monoisotopic (exact) mass is 444 g/mol. The van der Waals surface area contributed by atoms with Crippen molar-refractivity contribution < 1.29 is 19.0 Å². The predicted molar refractivity (Wildman–Crippen MR) is 126 cm³/mol. The van der Waals surface area contributed by atoms with Crippen LogP contribution in [0.4, 0.5) is 11.6 Å². The summed E-state index contributed by atoms with van der Waals surface area (Å²) in [6.45, 7) is 15.7. The molecule has 3 rings (SSSR count). The average Bonchev–Trinajstić information content (AvgIpc) is 3.09. The van der Waals surface area contributed by atoms with E-state index in [1.807, 2.05) is 38.2 Å². The number of nitrogens with zero attached hydrogens (tertiary/aromatic N) is 3. The largest absolute Gasteiger partial charge is 0.467 e. The molecule has 2 N–H and O–H groups in total. The van der Waals surface area contributed by atoms with E-state index in [1.165, 1.54) is 7.11 Å². The van der Waals surface area contributed by atoms with E-state index in [-0.39, 0.29) is 5.60 Å². The molecular weight excluding hydrogens is 408 g/mol. The smallest absolute Gasteiger partial charge is 0.339 e. The first-order valence-electron chi connectivity index (χ1n) is 11.0. The van der Waals surface area contributed by atoms with Crippen molar-refractivity contribution in [3.8, 4) is 0 Å². The summed E-state index contributed by atoms with van der Waals surface area (Å²) >= 11 is 0. The molecule has 0 bridgehead atoms. The number of nitrogen functional groups attached to an aromatic ring is 1. The number of esters is 1. The zero-order chi connectivity index (χ0) is 23.7. The molecule has 0 aliphatic carbocycles. The highest BCUT2D eigenvalue weighted by atomic mass is 16.6. The fourth-order valence-electron chi connectivity index (χ4n) is 4.19. The molecule has 0 amide bonds. The minimum Gasteiger partial charge on any atom is -0.467 e. The highest BCUT2D eigenvalue weighted by Gasteiger charge is 2.37. The standard InChI is InChI=1S/C24H36N4O4/c1-8-13-31-24(6)9-11-27(12-10-24)21-19(20(22(29)30-7)32-23(3,4)5)16(2)14-18-26-17(25)15-28(18)21/h8,14-15,20H,1,9-13,25H2,2-7H3/t20-/m0/s1. The van der Waals surface area contributed by atoms with E-state index in [0.29, 0.717) is 12.4 Å². The third-order valence-corrected chi connectivity index (χ3v) is 5.81. The summed E-state index contributed by atoms with van der Waals surface area (Å²) in [6.07, 6.45) is 4.36. The van der Waals surface area contributed by atoms with Crippen LogP contribution in [0.3, 0.4) is 0 Å². The summed E-state index contributed by atoms with van der Waals surface area (Å²) in [7, 11) is 1.38. The first-order valence-corrected chi connectivity index (χ1v) is 11.0. The normalized spacial score (nSPS) is 17.4. The summed E-state index contributed by atoms with van der Waals surface area (Å²) in [5.41, 5.74) is 7.68. The summed E-state index contributed by atoms with van der Waals surface area (Å²) in [6, 6.07) is 1.93. The van der Waals surface area contributed by atoms with Gasteiger partial charge in [-0.25, -0.2) is 9.78 Å². The van der Waals surface area contributed by atoms with Gasteiger partial charge < -0.3 is 24.8 Å². The van der Waals surface area contributed by atoms with Crippen molar-refractivity contribution in [2.75, 3.05) is 37.4 Å². The molecule has 1 atom stereocenters. The van der Waals surface area contributed by atoms with E-state index < -0.39 is 17.7 Å². The van der Waals surface area contributed by atoms with Crippen LogP contribution in [0.1, 0.15) is 57.8 Å².